The lowest BCUT2D eigenvalue weighted by molar-refractivity contribution is 0.282. The number of aliphatic imine (C=N–C) groups is 1. The van der Waals surface area contributed by atoms with E-state index in [9.17, 15) is 4.79 Å². The third kappa shape index (κ3) is 4.81. The maximum absolute atomic E-state index is 13.1. The Balaban J connectivity index is 1.63. The second kappa shape index (κ2) is 10.3. The second-order valence-corrected chi connectivity index (χ2v) is 8.84. The molecule has 0 aliphatic heterocycles. The fourth-order valence-corrected chi connectivity index (χ4v) is 4.33. The van der Waals surface area contributed by atoms with Crippen molar-refractivity contribution in [1.82, 2.24) is 9.36 Å². The average Bonchev–Trinajstić information content (AvgIpc) is 3.05. The van der Waals surface area contributed by atoms with Gasteiger partial charge in [0.25, 0.3) is 5.56 Å². The maximum atomic E-state index is 13.1. The lowest BCUT2D eigenvalue weighted by atomic mass is 10.2. The van der Waals surface area contributed by atoms with Crippen molar-refractivity contribution < 1.29 is 9.47 Å². The number of hydrogen-bond donors (Lipinski definition) is 0. The van der Waals surface area contributed by atoms with Crippen molar-refractivity contribution in [3.8, 4) is 17.2 Å². The summed E-state index contributed by atoms with van der Waals surface area (Å²) in [6.45, 7) is 2.17. The van der Waals surface area contributed by atoms with Crippen LogP contribution in [0.25, 0.3) is 5.69 Å². The topological polar surface area (TPSA) is 57.8 Å². The molecule has 4 aromatic rings. The van der Waals surface area contributed by atoms with Crippen LogP contribution in [0.3, 0.4) is 0 Å². The Labute approximate surface area is 211 Å². The van der Waals surface area contributed by atoms with Gasteiger partial charge in [0.15, 0.2) is 17.2 Å². The highest BCUT2D eigenvalue weighted by Crippen LogP contribution is 2.37. The highest BCUT2D eigenvalue weighted by atomic mass is 79.9. The summed E-state index contributed by atoms with van der Waals surface area (Å²) in [7, 11) is 3.42. The van der Waals surface area contributed by atoms with Gasteiger partial charge in [-0.2, -0.15) is 0 Å². The third-order valence-corrected chi connectivity index (χ3v) is 6.41. The molecule has 8 heteroatoms. The molecule has 3 aromatic carbocycles. The standard InChI is InChI=1S/C26H23BrClN3O3/c1-17-24(26(32)31(30(17)2)20-10-5-4-6-11-20)29-15-18-13-21(27)25(23(14-18)33-3)34-16-19-9-7-8-12-22(19)28/h4-15H,16H2,1-3H3. The summed E-state index contributed by atoms with van der Waals surface area (Å²) in [4.78, 5) is 17.6. The van der Waals surface area contributed by atoms with E-state index in [4.69, 9.17) is 21.1 Å². The fourth-order valence-electron chi connectivity index (χ4n) is 3.56. The van der Waals surface area contributed by atoms with Crippen LogP contribution in [0, 0.1) is 6.92 Å². The highest BCUT2D eigenvalue weighted by Gasteiger charge is 2.16. The van der Waals surface area contributed by atoms with E-state index in [1.54, 1.807) is 22.7 Å². The number of nitrogens with zero attached hydrogens (tertiary/aromatic N) is 3. The molecule has 0 aliphatic rings. The third-order valence-electron chi connectivity index (χ3n) is 5.45. The van der Waals surface area contributed by atoms with Crippen LogP contribution in [-0.4, -0.2) is 22.7 Å². The number of methoxy groups -OCH3 is 1. The first-order valence-electron chi connectivity index (χ1n) is 10.5. The molecule has 0 fully saturated rings. The van der Waals surface area contributed by atoms with Crippen LogP contribution in [0.1, 0.15) is 16.8 Å². The smallest absolute Gasteiger partial charge is 0.297 e. The van der Waals surface area contributed by atoms with Gasteiger partial charge in [0.2, 0.25) is 0 Å². The average molecular weight is 541 g/mol. The zero-order valence-corrected chi connectivity index (χ0v) is 21.3. The normalized spacial score (nSPS) is 11.2. The van der Waals surface area contributed by atoms with E-state index < -0.39 is 0 Å². The molecule has 4 rings (SSSR count). The monoisotopic (exact) mass is 539 g/mol. The van der Waals surface area contributed by atoms with Crippen molar-refractivity contribution in [3.63, 3.8) is 0 Å². The summed E-state index contributed by atoms with van der Waals surface area (Å²) in [5.74, 6) is 1.09. The Morgan fingerprint density at radius 1 is 1.09 bits per heavy atom. The van der Waals surface area contributed by atoms with Gasteiger partial charge in [-0.25, -0.2) is 9.67 Å². The minimum Gasteiger partial charge on any atom is -0.493 e. The molecule has 0 atom stereocenters. The molecule has 0 aliphatic carbocycles. The minimum atomic E-state index is -0.187. The van der Waals surface area contributed by atoms with Gasteiger partial charge in [-0.1, -0.05) is 48.0 Å². The Kier molecular flexibility index (Phi) is 7.24. The number of halogens is 2. The van der Waals surface area contributed by atoms with Crippen LogP contribution in [0.4, 0.5) is 5.69 Å². The summed E-state index contributed by atoms with van der Waals surface area (Å²) in [5, 5.41) is 0.640. The molecule has 0 saturated carbocycles. The Morgan fingerprint density at radius 3 is 2.50 bits per heavy atom. The van der Waals surface area contributed by atoms with Crippen molar-refractivity contribution in [2.45, 2.75) is 13.5 Å². The van der Waals surface area contributed by atoms with Crippen molar-refractivity contribution in [3.05, 3.63) is 103 Å². The molecule has 1 aromatic heterocycles. The molecule has 0 bridgehead atoms. The zero-order chi connectivity index (χ0) is 24.2. The summed E-state index contributed by atoms with van der Waals surface area (Å²) in [6, 6.07) is 20.7. The number of hydrogen-bond acceptors (Lipinski definition) is 4. The molecule has 174 valence electrons. The lowest BCUT2D eigenvalue weighted by Gasteiger charge is -2.14. The first kappa shape index (κ1) is 23.9. The van der Waals surface area contributed by atoms with Crippen LogP contribution in [0.5, 0.6) is 11.5 Å². The molecule has 6 nitrogen and oxygen atoms in total. The zero-order valence-electron chi connectivity index (χ0n) is 19.0. The van der Waals surface area contributed by atoms with Gasteiger partial charge in [-0.3, -0.25) is 9.48 Å². The van der Waals surface area contributed by atoms with Gasteiger partial charge in [-0.15, -0.1) is 0 Å². The molecule has 34 heavy (non-hydrogen) atoms. The molecule has 0 radical (unpaired) electrons. The molecule has 0 saturated heterocycles. The van der Waals surface area contributed by atoms with Crippen molar-refractivity contribution >= 4 is 39.4 Å². The quantitative estimate of drug-likeness (QED) is 0.261. The van der Waals surface area contributed by atoms with E-state index in [2.05, 4.69) is 20.9 Å². The SMILES string of the molecule is COc1cc(C=Nc2c(C)n(C)n(-c3ccccc3)c2=O)cc(Br)c1OCc1ccccc1Cl. The van der Waals surface area contributed by atoms with E-state index in [0.717, 1.165) is 22.5 Å². The van der Waals surface area contributed by atoms with Crippen molar-refractivity contribution in [2.24, 2.45) is 12.0 Å². The van der Waals surface area contributed by atoms with Crippen LogP contribution in [0.15, 0.2) is 81.0 Å². The second-order valence-electron chi connectivity index (χ2n) is 7.58. The predicted octanol–water partition coefficient (Wildman–Crippen LogP) is 6.24. The molecule has 1 heterocycles. The van der Waals surface area contributed by atoms with Gasteiger partial charge in [-0.05, 0) is 58.7 Å². The Morgan fingerprint density at radius 2 is 1.79 bits per heavy atom. The first-order chi connectivity index (χ1) is 16.4. The Hall–Kier alpha value is -3.29. The van der Waals surface area contributed by atoms with E-state index in [-0.39, 0.29) is 5.56 Å². The van der Waals surface area contributed by atoms with E-state index in [1.165, 1.54) is 0 Å². The van der Waals surface area contributed by atoms with Gasteiger partial charge < -0.3 is 9.47 Å². The van der Waals surface area contributed by atoms with Crippen LogP contribution >= 0.6 is 27.5 Å². The fraction of sp³-hybridized carbons (Fsp3) is 0.154. The minimum absolute atomic E-state index is 0.187. The number of ether oxygens (including phenoxy) is 2. The summed E-state index contributed by atoms with van der Waals surface area (Å²) in [6.07, 6.45) is 1.64. The van der Waals surface area contributed by atoms with E-state index >= 15 is 0 Å². The van der Waals surface area contributed by atoms with Crippen molar-refractivity contribution in [1.29, 1.82) is 0 Å². The van der Waals surface area contributed by atoms with Crippen molar-refractivity contribution in [2.75, 3.05) is 7.11 Å². The van der Waals surface area contributed by atoms with Crippen LogP contribution < -0.4 is 15.0 Å². The molecule has 0 spiro atoms. The summed E-state index contributed by atoms with van der Waals surface area (Å²) in [5.41, 5.74) is 3.36. The Bertz CT molecular complexity index is 1410. The molecule has 0 unspecified atom stereocenters. The first-order valence-corrected chi connectivity index (χ1v) is 11.7. The highest BCUT2D eigenvalue weighted by molar-refractivity contribution is 9.10. The summed E-state index contributed by atoms with van der Waals surface area (Å²) < 4.78 is 15.6. The van der Waals surface area contributed by atoms with Gasteiger partial charge >= 0.3 is 0 Å². The number of rotatable bonds is 7. The number of aromatic nitrogens is 2. The van der Waals surface area contributed by atoms with E-state index in [0.29, 0.717) is 33.3 Å². The van der Waals surface area contributed by atoms with Crippen LogP contribution in [0.2, 0.25) is 5.02 Å². The number of benzene rings is 3. The van der Waals surface area contributed by atoms with E-state index in [1.807, 2.05) is 80.7 Å². The molecule has 0 N–H and O–H groups in total. The molecule has 0 amide bonds. The molecular weight excluding hydrogens is 518 g/mol. The van der Waals surface area contributed by atoms with Gasteiger partial charge in [0.05, 0.1) is 23.0 Å². The number of para-hydroxylation sites is 1. The summed E-state index contributed by atoms with van der Waals surface area (Å²) >= 11 is 9.80. The van der Waals surface area contributed by atoms with Gasteiger partial charge in [0.1, 0.15) is 6.61 Å². The largest absolute Gasteiger partial charge is 0.493 e. The van der Waals surface area contributed by atoms with Crippen LogP contribution in [-0.2, 0) is 13.7 Å². The maximum Gasteiger partial charge on any atom is 0.297 e. The van der Waals surface area contributed by atoms with Gasteiger partial charge in [0, 0.05) is 23.8 Å². The molecular formula is C26H23BrClN3O3. The lowest BCUT2D eigenvalue weighted by Crippen LogP contribution is -2.19. The predicted molar refractivity (Wildman–Crippen MR) is 139 cm³/mol.